The van der Waals surface area contributed by atoms with Gasteiger partial charge in [0, 0.05) is 19.5 Å². The maximum absolute atomic E-state index is 13.2. The standard InChI is InChI=1S/C26H46N8O3/c27-16-6-4-12-21(24(36)31-18-8-9-19-32-26(29)30)34-25(37)22(13-5-7-17-28)33-23(35)15-14-20-10-2-1-3-11-20/h1-3,10-11,21-22H,4-9,12-19,27-28H2,(H,31,36)(H,33,35)(H,34,37)(H4,29,30,32)/t21-,22-/m0/s1. The van der Waals surface area contributed by atoms with Crippen LogP contribution in [0.3, 0.4) is 0 Å². The minimum atomic E-state index is -0.737. The smallest absolute Gasteiger partial charge is 0.243 e. The van der Waals surface area contributed by atoms with Gasteiger partial charge in [0.15, 0.2) is 5.96 Å². The van der Waals surface area contributed by atoms with E-state index >= 15 is 0 Å². The predicted molar refractivity (Wildman–Crippen MR) is 147 cm³/mol. The number of amides is 3. The van der Waals surface area contributed by atoms with Crippen molar-refractivity contribution in [1.29, 1.82) is 0 Å². The van der Waals surface area contributed by atoms with Gasteiger partial charge in [-0.05, 0) is 76.4 Å². The lowest BCUT2D eigenvalue weighted by Gasteiger charge is -2.23. The molecule has 11 N–H and O–H groups in total. The molecule has 11 heteroatoms. The monoisotopic (exact) mass is 518 g/mol. The lowest BCUT2D eigenvalue weighted by atomic mass is 10.0. The Balaban J connectivity index is 2.70. The number of rotatable bonds is 20. The molecule has 37 heavy (non-hydrogen) atoms. The molecular formula is C26H46N8O3. The van der Waals surface area contributed by atoms with E-state index in [2.05, 4.69) is 20.9 Å². The number of hydrogen-bond acceptors (Lipinski definition) is 6. The molecule has 0 aliphatic rings. The van der Waals surface area contributed by atoms with Crippen LogP contribution in [0.4, 0.5) is 0 Å². The summed E-state index contributed by atoms with van der Waals surface area (Å²) in [7, 11) is 0. The number of aliphatic imine (C=N–C) groups is 1. The molecule has 3 amide bonds. The van der Waals surface area contributed by atoms with E-state index < -0.39 is 12.1 Å². The molecule has 0 aromatic heterocycles. The lowest BCUT2D eigenvalue weighted by molar-refractivity contribution is -0.132. The van der Waals surface area contributed by atoms with Gasteiger partial charge in [-0.3, -0.25) is 19.4 Å². The summed E-state index contributed by atoms with van der Waals surface area (Å²) < 4.78 is 0. The number of carbonyl (C=O) groups excluding carboxylic acids is 3. The molecule has 1 aromatic rings. The average molecular weight is 519 g/mol. The molecule has 0 saturated carbocycles. The summed E-state index contributed by atoms with van der Waals surface area (Å²) in [5.74, 6) is -0.796. The second-order valence-electron chi connectivity index (χ2n) is 9.04. The molecule has 2 atom stereocenters. The molecule has 1 rings (SSSR count). The molecule has 0 spiro atoms. The minimum absolute atomic E-state index is 0.0416. The summed E-state index contributed by atoms with van der Waals surface area (Å²) in [6.45, 7) is 1.94. The highest BCUT2D eigenvalue weighted by molar-refractivity contribution is 5.92. The third kappa shape index (κ3) is 15.5. The van der Waals surface area contributed by atoms with E-state index in [1.54, 1.807) is 0 Å². The number of benzene rings is 1. The Hall–Kier alpha value is -3.18. The van der Waals surface area contributed by atoms with Gasteiger partial charge in [-0.25, -0.2) is 0 Å². The largest absolute Gasteiger partial charge is 0.370 e. The van der Waals surface area contributed by atoms with Crippen molar-refractivity contribution in [1.82, 2.24) is 16.0 Å². The fourth-order valence-electron chi connectivity index (χ4n) is 3.74. The van der Waals surface area contributed by atoms with Crippen LogP contribution in [0.5, 0.6) is 0 Å². The van der Waals surface area contributed by atoms with Crippen LogP contribution in [-0.4, -0.2) is 61.9 Å². The van der Waals surface area contributed by atoms with Crippen LogP contribution >= 0.6 is 0 Å². The van der Waals surface area contributed by atoms with E-state index in [9.17, 15) is 14.4 Å². The molecule has 0 unspecified atom stereocenters. The van der Waals surface area contributed by atoms with E-state index in [1.165, 1.54) is 0 Å². The Kier molecular flexibility index (Phi) is 17.2. The first-order valence-electron chi connectivity index (χ1n) is 13.2. The first-order valence-corrected chi connectivity index (χ1v) is 13.2. The van der Waals surface area contributed by atoms with E-state index in [4.69, 9.17) is 22.9 Å². The van der Waals surface area contributed by atoms with E-state index in [0.717, 1.165) is 24.8 Å². The molecule has 0 fully saturated rings. The molecular weight excluding hydrogens is 472 g/mol. The molecule has 0 saturated heterocycles. The van der Waals surface area contributed by atoms with E-state index in [0.29, 0.717) is 64.7 Å². The van der Waals surface area contributed by atoms with Crippen molar-refractivity contribution in [3.05, 3.63) is 35.9 Å². The number of nitrogens with zero attached hydrogens (tertiary/aromatic N) is 1. The quantitative estimate of drug-likeness (QED) is 0.0715. The number of hydrogen-bond donors (Lipinski definition) is 7. The zero-order valence-corrected chi connectivity index (χ0v) is 21.9. The average Bonchev–Trinajstić information content (AvgIpc) is 2.88. The number of unbranched alkanes of at least 4 members (excludes halogenated alkanes) is 3. The summed E-state index contributed by atoms with van der Waals surface area (Å²) in [4.78, 5) is 42.6. The first-order chi connectivity index (χ1) is 17.9. The van der Waals surface area contributed by atoms with Gasteiger partial charge in [0.1, 0.15) is 12.1 Å². The second-order valence-corrected chi connectivity index (χ2v) is 9.04. The SMILES string of the molecule is NCCCC[C@H](NC(=O)CCc1ccccc1)C(=O)N[C@@H](CCCCN)C(=O)NCCCCN=C(N)N. The van der Waals surface area contributed by atoms with Gasteiger partial charge in [-0.2, -0.15) is 0 Å². The zero-order valence-electron chi connectivity index (χ0n) is 21.9. The van der Waals surface area contributed by atoms with Crippen LogP contribution in [0.2, 0.25) is 0 Å². The number of guanidine groups is 1. The Morgan fingerprint density at radius 2 is 1.41 bits per heavy atom. The number of aryl methyl sites for hydroxylation is 1. The maximum atomic E-state index is 13.2. The van der Waals surface area contributed by atoms with Crippen LogP contribution < -0.4 is 38.9 Å². The molecule has 11 nitrogen and oxygen atoms in total. The summed E-state index contributed by atoms with van der Waals surface area (Å²) >= 11 is 0. The molecule has 0 aliphatic heterocycles. The maximum Gasteiger partial charge on any atom is 0.243 e. The van der Waals surface area contributed by atoms with Gasteiger partial charge < -0.3 is 38.9 Å². The van der Waals surface area contributed by atoms with Crippen molar-refractivity contribution in [3.8, 4) is 0 Å². The molecule has 0 bridgehead atoms. The Bertz CT molecular complexity index is 815. The Labute approximate surface area is 220 Å². The summed E-state index contributed by atoms with van der Waals surface area (Å²) in [6, 6.07) is 8.25. The zero-order chi connectivity index (χ0) is 27.3. The molecule has 0 heterocycles. The number of carbonyl (C=O) groups is 3. The molecule has 0 aliphatic carbocycles. The number of nitrogens with one attached hydrogen (secondary N) is 3. The van der Waals surface area contributed by atoms with Crippen molar-refractivity contribution in [3.63, 3.8) is 0 Å². The van der Waals surface area contributed by atoms with E-state index in [1.807, 2.05) is 30.3 Å². The van der Waals surface area contributed by atoms with Crippen molar-refractivity contribution in [2.75, 3.05) is 26.2 Å². The van der Waals surface area contributed by atoms with Crippen LogP contribution in [0.25, 0.3) is 0 Å². The first kappa shape index (κ1) is 31.8. The molecule has 0 radical (unpaired) electrons. The fourth-order valence-corrected chi connectivity index (χ4v) is 3.74. The van der Waals surface area contributed by atoms with Crippen LogP contribution in [0, 0.1) is 0 Å². The Morgan fingerprint density at radius 1 is 0.784 bits per heavy atom. The van der Waals surface area contributed by atoms with Gasteiger partial charge in [0.2, 0.25) is 17.7 Å². The highest BCUT2D eigenvalue weighted by atomic mass is 16.2. The van der Waals surface area contributed by atoms with Gasteiger partial charge in [0.25, 0.3) is 0 Å². The lowest BCUT2D eigenvalue weighted by Crippen LogP contribution is -2.53. The number of nitrogens with two attached hydrogens (primary N) is 4. The Morgan fingerprint density at radius 3 is 2.00 bits per heavy atom. The molecule has 208 valence electrons. The highest BCUT2D eigenvalue weighted by Crippen LogP contribution is 2.07. The summed E-state index contributed by atoms with van der Waals surface area (Å²) in [6.07, 6.45) is 6.04. The van der Waals surface area contributed by atoms with Crippen molar-refractivity contribution >= 4 is 23.7 Å². The van der Waals surface area contributed by atoms with Crippen LogP contribution in [0.15, 0.2) is 35.3 Å². The fraction of sp³-hybridized carbons (Fsp3) is 0.615. The van der Waals surface area contributed by atoms with Gasteiger partial charge in [-0.15, -0.1) is 0 Å². The third-order valence-electron chi connectivity index (χ3n) is 5.84. The van der Waals surface area contributed by atoms with Crippen molar-refractivity contribution in [2.45, 2.75) is 76.3 Å². The van der Waals surface area contributed by atoms with E-state index in [-0.39, 0.29) is 30.1 Å². The van der Waals surface area contributed by atoms with Crippen LogP contribution in [-0.2, 0) is 20.8 Å². The summed E-state index contributed by atoms with van der Waals surface area (Å²) in [5, 5.41) is 8.59. The third-order valence-corrected chi connectivity index (χ3v) is 5.84. The van der Waals surface area contributed by atoms with Gasteiger partial charge in [0.05, 0.1) is 0 Å². The highest BCUT2D eigenvalue weighted by Gasteiger charge is 2.26. The predicted octanol–water partition coefficient (Wildman–Crippen LogP) is 0.0166. The topological polar surface area (TPSA) is 204 Å². The van der Waals surface area contributed by atoms with Crippen molar-refractivity contribution < 1.29 is 14.4 Å². The van der Waals surface area contributed by atoms with Crippen molar-refractivity contribution in [2.24, 2.45) is 27.9 Å². The van der Waals surface area contributed by atoms with Gasteiger partial charge >= 0.3 is 0 Å². The van der Waals surface area contributed by atoms with Gasteiger partial charge in [-0.1, -0.05) is 30.3 Å². The normalized spacial score (nSPS) is 12.3. The van der Waals surface area contributed by atoms with Crippen LogP contribution in [0.1, 0.15) is 63.4 Å². The second kappa shape index (κ2) is 19.9. The minimum Gasteiger partial charge on any atom is -0.370 e. The molecule has 1 aromatic carbocycles. The summed E-state index contributed by atoms with van der Waals surface area (Å²) in [5.41, 5.74) is 22.9.